The topological polar surface area (TPSA) is 69.0 Å². The van der Waals surface area contributed by atoms with Crippen LogP contribution in [-0.2, 0) is 16.6 Å². The fraction of sp³-hybridized carbons (Fsp3) is 0.400. The van der Waals surface area contributed by atoms with Gasteiger partial charge in [0, 0.05) is 18.3 Å². The smallest absolute Gasteiger partial charge is 0.253 e. The quantitative estimate of drug-likeness (QED) is 0.937. The van der Waals surface area contributed by atoms with Gasteiger partial charge in [-0.1, -0.05) is 0 Å². The molecule has 21 heavy (non-hydrogen) atoms. The van der Waals surface area contributed by atoms with Gasteiger partial charge in [-0.15, -0.1) is 0 Å². The first-order valence-electron chi connectivity index (χ1n) is 7.04. The van der Waals surface area contributed by atoms with Crippen LogP contribution in [0.4, 0.5) is 5.69 Å². The molecule has 1 aromatic heterocycles. The van der Waals surface area contributed by atoms with Gasteiger partial charge in [0.1, 0.15) is 12.4 Å². The zero-order valence-electron chi connectivity index (χ0n) is 12.1. The van der Waals surface area contributed by atoms with E-state index in [1.165, 1.54) is 0 Å². The highest BCUT2D eigenvalue weighted by Crippen LogP contribution is 2.22. The van der Waals surface area contributed by atoms with Crippen molar-refractivity contribution in [2.45, 2.75) is 32.0 Å². The SMILES string of the molecule is C[C@H]1CC[C@H](C(=O)Nc2ccc(-c3ncn(C)n3)cc2)O1. The van der Waals surface area contributed by atoms with Gasteiger partial charge in [-0.2, -0.15) is 5.10 Å². The number of benzene rings is 1. The molecule has 0 aliphatic carbocycles. The molecule has 110 valence electrons. The van der Waals surface area contributed by atoms with Crippen LogP contribution in [0.25, 0.3) is 11.4 Å². The van der Waals surface area contributed by atoms with Crippen molar-refractivity contribution < 1.29 is 9.53 Å². The summed E-state index contributed by atoms with van der Waals surface area (Å²) in [6.45, 7) is 1.99. The molecule has 0 bridgehead atoms. The molecule has 0 radical (unpaired) electrons. The highest BCUT2D eigenvalue weighted by atomic mass is 16.5. The average Bonchev–Trinajstić information content (AvgIpc) is 3.08. The normalized spacial score (nSPS) is 21.4. The van der Waals surface area contributed by atoms with E-state index in [0.717, 1.165) is 24.1 Å². The number of amides is 1. The number of nitrogens with zero attached hydrogens (tertiary/aromatic N) is 3. The van der Waals surface area contributed by atoms with Crippen LogP contribution in [0.1, 0.15) is 19.8 Å². The number of carbonyl (C=O) groups is 1. The van der Waals surface area contributed by atoms with Gasteiger partial charge in [-0.3, -0.25) is 9.48 Å². The van der Waals surface area contributed by atoms with Crippen LogP contribution in [0.3, 0.4) is 0 Å². The van der Waals surface area contributed by atoms with Gasteiger partial charge in [0.05, 0.1) is 6.10 Å². The van der Waals surface area contributed by atoms with E-state index < -0.39 is 0 Å². The molecule has 1 aromatic carbocycles. The third-order valence-electron chi connectivity index (χ3n) is 3.53. The maximum absolute atomic E-state index is 12.1. The summed E-state index contributed by atoms with van der Waals surface area (Å²) in [5.74, 6) is 0.589. The lowest BCUT2D eigenvalue weighted by Gasteiger charge is -2.11. The molecule has 0 saturated carbocycles. The summed E-state index contributed by atoms with van der Waals surface area (Å²) in [7, 11) is 1.83. The van der Waals surface area contributed by atoms with Crippen LogP contribution in [-0.4, -0.2) is 32.9 Å². The fourth-order valence-electron chi connectivity index (χ4n) is 2.39. The Morgan fingerprint density at radius 3 is 2.67 bits per heavy atom. The number of aromatic nitrogens is 3. The highest BCUT2D eigenvalue weighted by molar-refractivity contribution is 5.94. The second-order valence-corrected chi connectivity index (χ2v) is 5.32. The number of hydrogen-bond acceptors (Lipinski definition) is 4. The molecule has 0 unspecified atom stereocenters. The number of carbonyl (C=O) groups excluding carboxylic acids is 1. The molecule has 1 fully saturated rings. The minimum absolute atomic E-state index is 0.0805. The van der Waals surface area contributed by atoms with E-state index in [-0.39, 0.29) is 18.1 Å². The van der Waals surface area contributed by atoms with Crippen molar-refractivity contribution in [1.29, 1.82) is 0 Å². The Bertz CT molecular complexity index is 635. The number of hydrogen-bond donors (Lipinski definition) is 1. The summed E-state index contributed by atoms with van der Waals surface area (Å²) in [4.78, 5) is 16.2. The second kappa shape index (κ2) is 5.65. The molecule has 2 atom stereocenters. The van der Waals surface area contributed by atoms with Crippen LogP contribution >= 0.6 is 0 Å². The third kappa shape index (κ3) is 3.11. The molecule has 6 nitrogen and oxygen atoms in total. The Balaban J connectivity index is 1.66. The monoisotopic (exact) mass is 286 g/mol. The van der Waals surface area contributed by atoms with E-state index in [1.54, 1.807) is 11.0 Å². The molecule has 6 heteroatoms. The molecule has 1 aliphatic heterocycles. The molecular formula is C15H18N4O2. The Morgan fingerprint density at radius 1 is 1.33 bits per heavy atom. The van der Waals surface area contributed by atoms with Crippen LogP contribution in [0.5, 0.6) is 0 Å². The van der Waals surface area contributed by atoms with Gasteiger partial charge in [-0.05, 0) is 44.0 Å². The van der Waals surface area contributed by atoms with Crippen molar-refractivity contribution in [3.63, 3.8) is 0 Å². The van der Waals surface area contributed by atoms with Gasteiger partial charge in [0.15, 0.2) is 5.82 Å². The number of nitrogens with one attached hydrogen (secondary N) is 1. The van der Waals surface area contributed by atoms with Crippen molar-refractivity contribution >= 4 is 11.6 Å². The van der Waals surface area contributed by atoms with E-state index >= 15 is 0 Å². The zero-order valence-corrected chi connectivity index (χ0v) is 12.1. The van der Waals surface area contributed by atoms with Gasteiger partial charge in [-0.25, -0.2) is 4.98 Å². The first-order chi connectivity index (χ1) is 10.1. The van der Waals surface area contributed by atoms with Crippen molar-refractivity contribution in [3.05, 3.63) is 30.6 Å². The van der Waals surface area contributed by atoms with Gasteiger partial charge < -0.3 is 10.1 Å². The van der Waals surface area contributed by atoms with E-state index in [0.29, 0.717) is 5.82 Å². The van der Waals surface area contributed by atoms with Crippen molar-refractivity contribution in [3.8, 4) is 11.4 Å². The van der Waals surface area contributed by atoms with E-state index in [2.05, 4.69) is 15.4 Å². The van der Waals surface area contributed by atoms with Crippen LogP contribution in [0, 0.1) is 0 Å². The number of ether oxygens (including phenoxy) is 1. The second-order valence-electron chi connectivity index (χ2n) is 5.32. The minimum atomic E-state index is -0.336. The summed E-state index contributed by atoms with van der Waals surface area (Å²) in [5, 5.41) is 7.12. The lowest BCUT2D eigenvalue weighted by atomic mass is 10.1. The van der Waals surface area contributed by atoms with E-state index in [1.807, 2.05) is 38.2 Å². The summed E-state index contributed by atoms with van der Waals surface area (Å²) in [6.07, 6.45) is 3.20. The number of rotatable bonds is 3. The Kier molecular flexibility index (Phi) is 3.70. The lowest BCUT2D eigenvalue weighted by Crippen LogP contribution is -2.27. The van der Waals surface area contributed by atoms with Gasteiger partial charge in [0.25, 0.3) is 5.91 Å². The highest BCUT2D eigenvalue weighted by Gasteiger charge is 2.28. The minimum Gasteiger partial charge on any atom is -0.365 e. The van der Waals surface area contributed by atoms with Gasteiger partial charge >= 0.3 is 0 Å². The zero-order chi connectivity index (χ0) is 14.8. The number of aryl methyl sites for hydroxylation is 1. The summed E-state index contributed by atoms with van der Waals surface area (Å²) in [5.41, 5.74) is 1.67. The summed E-state index contributed by atoms with van der Waals surface area (Å²) >= 11 is 0. The molecule has 2 aromatic rings. The van der Waals surface area contributed by atoms with E-state index in [4.69, 9.17) is 4.74 Å². The first kappa shape index (κ1) is 13.8. The van der Waals surface area contributed by atoms with Crippen LogP contribution in [0.15, 0.2) is 30.6 Å². The third-order valence-corrected chi connectivity index (χ3v) is 3.53. The van der Waals surface area contributed by atoms with Crippen molar-refractivity contribution in [2.75, 3.05) is 5.32 Å². The predicted molar refractivity (Wildman–Crippen MR) is 78.6 cm³/mol. The predicted octanol–water partition coefficient (Wildman–Crippen LogP) is 1.99. The van der Waals surface area contributed by atoms with Crippen molar-refractivity contribution in [2.24, 2.45) is 7.05 Å². The molecule has 1 saturated heterocycles. The maximum atomic E-state index is 12.1. The molecule has 1 aliphatic rings. The Labute approximate surface area is 123 Å². The lowest BCUT2D eigenvalue weighted by molar-refractivity contribution is -0.126. The Morgan fingerprint density at radius 2 is 2.10 bits per heavy atom. The largest absolute Gasteiger partial charge is 0.365 e. The van der Waals surface area contributed by atoms with Crippen LogP contribution < -0.4 is 5.32 Å². The van der Waals surface area contributed by atoms with Crippen LogP contribution in [0.2, 0.25) is 0 Å². The molecule has 3 rings (SSSR count). The average molecular weight is 286 g/mol. The fourth-order valence-corrected chi connectivity index (χ4v) is 2.39. The molecule has 0 spiro atoms. The summed E-state index contributed by atoms with van der Waals surface area (Å²) in [6, 6.07) is 7.48. The van der Waals surface area contributed by atoms with Gasteiger partial charge in [0.2, 0.25) is 0 Å². The molecular weight excluding hydrogens is 268 g/mol. The molecule has 1 N–H and O–H groups in total. The Hall–Kier alpha value is -2.21. The van der Waals surface area contributed by atoms with Crippen molar-refractivity contribution in [1.82, 2.24) is 14.8 Å². The first-order valence-corrected chi connectivity index (χ1v) is 7.04. The maximum Gasteiger partial charge on any atom is 0.253 e. The standard InChI is InChI=1S/C15H18N4O2/c1-10-3-8-13(21-10)15(20)17-12-6-4-11(5-7-12)14-16-9-19(2)18-14/h4-7,9-10,13H,3,8H2,1-2H3,(H,17,20)/t10-,13+/m0/s1. The molecule has 2 heterocycles. The molecule has 1 amide bonds. The summed E-state index contributed by atoms with van der Waals surface area (Å²) < 4.78 is 7.21. The van der Waals surface area contributed by atoms with E-state index in [9.17, 15) is 4.79 Å². The number of anilines is 1.